The fourth-order valence-electron chi connectivity index (χ4n) is 1.40. The van der Waals surface area contributed by atoms with Crippen LogP contribution in [0.4, 0.5) is 0 Å². The van der Waals surface area contributed by atoms with E-state index >= 15 is 0 Å². The number of Topliss-reactive ketones (excluding diaryl/α,β-unsaturated/α-hetero) is 1. The molecule has 0 bridgehead atoms. The maximum atomic E-state index is 11.7. The number of halogens is 1. The van der Waals surface area contributed by atoms with Crippen molar-refractivity contribution in [2.45, 2.75) is 86.4 Å². The molecule has 150 valence electrons. The van der Waals surface area contributed by atoms with E-state index in [9.17, 15) is 19.8 Å². The van der Waals surface area contributed by atoms with Gasteiger partial charge in [0.05, 0.1) is 6.61 Å². The van der Waals surface area contributed by atoms with E-state index in [0.717, 1.165) is 12.8 Å². The zero-order chi connectivity index (χ0) is 19.8. The molecule has 0 aliphatic heterocycles. The van der Waals surface area contributed by atoms with Crippen LogP contribution in [0.15, 0.2) is 0 Å². The maximum Gasteiger partial charge on any atom is 3.00 e. The number of carbonyl (C=O) groups excluding carboxylic acids is 2. The van der Waals surface area contributed by atoms with Crippen LogP contribution in [-0.2, 0) is 36.0 Å². The third kappa shape index (κ3) is 25.9. The Bertz CT molecular complexity index is 369. The summed E-state index contributed by atoms with van der Waals surface area (Å²) in [7, 11) is 0. The summed E-state index contributed by atoms with van der Waals surface area (Å²) in [6, 6.07) is 0. The van der Waals surface area contributed by atoms with E-state index in [0.29, 0.717) is 12.8 Å². The number of esters is 1. The summed E-state index contributed by atoms with van der Waals surface area (Å²) in [4.78, 5) is 23.2. The SMILES string of the molecule is CC(C)[O-].CC(C)[O-].[C]#CCCCCC(C)(C(C)=O)C(=O)OCC.[Cl-].[Ti+3]. The van der Waals surface area contributed by atoms with Gasteiger partial charge in [0.25, 0.3) is 0 Å². The zero-order valence-corrected chi connectivity index (χ0v) is 19.4. The van der Waals surface area contributed by atoms with Crippen LogP contribution in [0.3, 0.4) is 0 Å². The van der Waals surface area contributed by atoms with Crippen LogP contribution in [0, 0.1) is 17.8 Å². The maximum absolute atomic E-state index is 11.7. The average Bonchev–Trinajstić information content (AvgIpc) is 2.42. The van der Waals surface area contributed by atoms with Gasteiger partial charge in [-0.2, -0.15) is 0 Å². The summed E-state index contributed by atoms with van der Waals surface area (Å²) in [5.74, 6) is 1.68. The molecule has 26 heavy (non-hydrogen) atoms. The van der Waals surface area contributed by atoms with Gasteiger partial charge < -0.3 is 27.4 Å². The van der Waals surface area contributed by atoms with Gasteiger partial charge in [-0.15, -0.1) is 12.2 Å². The van der Waals surface area contributed by atoms with Crippen molar-refractivity contribution in [1.82, 2.24) is 0 Å². The molecule has 5 nitrogen and oxygen atoms in total. The third-order valence-corrected chi connectivity index (χ3v) is 2.73. The minimum atomic E-state index is -1.03. The van der Waals surface area contributed by atoms with Gasteiger partial charge in [0, 0.05) is 6.42 Å². The molecule has 0 N–H and O–H groups in total. The van der Waals surface area contributed by atoms with Crippen molar-refractivity contribution < 1.29 is 58.7 Å². The first-order valence-electron chi connectivity index (χ1n) is 8.35. The largest absolute Gasteiger partial charge is 3.00 e. The van der Waals surface area contributed by atoms with Gasteiger partial charge >= 0.3 is 27.7 Å². The number of ketones is 1. The molecule has 0 amide bonds. The van der Waals surface area contributed by atoms with Crippen molar-refractivity contribution >= 4 is 11.8 Å². The number of hydrogen-bond acceptors (Lipinski definition) is 5. The topological polar surface area (TPSA) is 89.5 Å². The Balaban J connectivity index is -0.000000124. The van der Waals surface area contributed by atoms with E-state index in [4.69, 9.17) is 11.2 Å². The fraction of sp³-hybridized carbons (Fsp3) is 0.789. The third-order valence-electron chi connectivity index (χ3n) is 2.73. The van der Waals surface area contributed by atoms with Crippen LogP contribution in [0.1, 0.15) is 74.1 Å². The second-order valence-electron chi connectivity index (χ2n) is 6.09. The molecule has 1 unspecified atom stereocenters. The van der Waals surface area contributed by atoms with Crippen LogP contribution in [0.2, 0.25) is 0 Å². The number of ether oxygens (including phenoxy) is 1. The average molecular weight is 425 g/mol. The Morgan fingerprint density at radius 1 is 1.12 bits per heavy atom. The van der Waals surface area contributed by atoms with E-state index in [-0.39, 0.29) is 46.5 Å². The first-order valence-corrected chi connectivity index (χ1v) is 8.35. The number of hydrogen-bond donors (Lipinski definition) is 0. The molecule has 0 spiro atoms. The number of unbranched alkanes of at least 4 members (excludes halogenated alkanes) is 2. The summed E-state index contributed by atoms with van der Waals surface area (Å²) in [5, 5.41) is 19.1. The summed E-state index contributed by atoms with van der Waals surface area (Å²) in [6.45, 7) is 11.5. The van der Waals surface area contributed by atoms with E-state index in [1.807, 2.05) is 0 Å². The van der Waals surface area contributed by atoms with Crippen molar-refractivity contribution in [2.24, 2.45) is 5.41 Å². The van der Waals surface area contributed by atoms with E-state index in [1.54, 1.807) is 41.5 Å². The summed E-state index contributed by atoms with van der Waals surface area (Å²) < 4.78 is 4.91. The molecule has 0 heterocycles. The Labute approximate surface area is 181 Å². The summed E-state index contributed by atoms with van der Waals surface area (Å²) in [6.07, 6.45) is 8.46. The molecular formula is C19H33ClO5Ti. The normalized spacial score (nSPS) is 11.2. The van der Waals surface area contributed by atoms with Crippen LogP contribution in [0.5, 0.6) is 0 Å². The van der Waals surface area contributed by atoms with Crippen molar-refractivity contribution in [1.29, 1.82) is 0 Å². The molecule has 0 saturated heterocycles. The Morgan fingerprint density at radius 2 is 1.50 bits per heavy atom. The molecule has 2 radical (unpaired) electrons. The Morgan fingerprint density at radius 3 is 1.77 bits per heavy atom. The van der Waals surface area contributed by atoms with Crippen molar-refractivity contribution in [2.75, 3.05) is 6.61 Å². The first-order chi connectivity index (χ1) is 10.9. The van der Waals surface area contributed by atoms with Gasteiger partial charge in [-0.25, -0.2) is 0 Å². The zero-order valence-electron chi connectivity index (χ0n) is 17.1. The van der Waals surface area contributed by atoms with Crippen LogP contribution in [0.25, 0.3) is 0 Å². The van der Waals surface area contributed by atoms with Gasteiger partial charge in [-0.05, 0) is 40.0 Å². The van der Waals surface area contributed by atoms with Crippen molar-refractivity contribution in [3.05, 3.63) is 6.42 Å². The van der Waals surface area contributed by atoms with Gasteiger partial charge in [0.1, 0.15) is 11.2 Å². The molecule has 1 atom stereocenters. The van der Waals surface area contributed by atoms with E-state index < -0.39 is 23.6 Å². The monoisotopic (exact) mass is 424 g/mol. The predicted octanol–water partition coefficient (Wildman–Crippen LogP) is -1.19. The quantitative estimate of drug-likeness (QED) is 0.168. The van der Waals surface area contributed by atoms with Crippen LogP contribution < -0.4 is 22.6 Å². The summed E-state index contributed by atoms with van der Waals surface area (Å²) >= 11 is 0. The van der Waals surface area contributed by atoms with Gasteiger partial charge in [-0.3, -0.25) is 9.59 Å². The number of carbonyl (C=O) groups is 2. The molecule has 0 saturated carbocycles. The second-order valence-corrected chi connectivity index (χ2v) is 6.09. The standard InChI is InChI=1S/C13H19O3.2C3H7O.ClH.Ti/c1-5-7-8-9-10-13(4,11(3)14)12(15)16-6-2;2*1-3(2)4;;/h6-10H2,2-4H3;2*3H,1-2H3;1H;/q;2*-1;;+3/p-1. The van der Waals surface area contributed by atoms with Gasteiger partial charge in [-0.1, -0.05) is 40.0 Å². The van der Waals surface area contributed by atoms with Crippen molar-refractivity contribution in [3.63, 3.8) is 0 Å². The first kappa shape index (κ1) is 36.5. The predicted molar refractivity (Wildman–Crippen MR) is 91.3 cm³/mol. The Hall–Kier alpha value is -0.376. The molecule has 0 fully saturated rings. The van der Waals surface area contributed by atoms with Gasteiger partial charge in [0.2, 0.25) is 0 Å². The molecular weight excluding hydrogens is 392 g/mol. The Kier molecular flexibility index (Phi) is 31.8. The molecule has 0 rings (SSSR count). The van der Waals surface area contributed by atoms with E-state index in [2.05, 4.69) is 5.92 Å². The van der Waals surface area contributed by atoms with Crippen molar-refractivity contribution in [3.8, 4) is 5.92 Å². The number of rotatable bonds is 7. The fourth-order valence-corrected chi connectivity index (χ4v) is 1.40. The minimum Gasteiger partial charge on any atom is -1.00 e. The van der Waals surface area contributed by atoms with E-state index in [1.165, 1.54) is 6.92 Å². The van der Waals surface area contributed by atoms with Gasteiger partial charge in [0.15, 0.2) is 0 Å². The molecule has 0 aromatic heterocycles. The molecule has 0 aliphatic rings. The van der Waals surface area contributed by atoms with Crippen LogP contribution >= 0.6 is 0 Å². The molecule has 0 aromatic rings. The molecule has 0 aromatic carbocycles. The molecule has 0 aliphatic carbocycles. The summed E-state index contributed by atoms with van der Waals surface area (Å²) in [5.41, 5.74) is -1.03. The van der Waals surface area contributed by atoms with Crippen LogP contribution in [-0.4, -0.2) is 30.6 Å². The second kappa shape index (κ2) is 22.7. The smallest absolute Gasteiger partial charge is 1.00 e. The molecule has 7 heteroatoms. The minimum absolute atomic E-state index is 0.